The van der Waals surface area contributed by atoms with Crippen molar-refractivity contribution in [3.05, 3.63) is 88.6 Å². The van der Waals surface area contributed by atoms with Crippen LogP contribution < -0.4 is 9.63 Å². The van der Waals surface area contributed by atoms with Gasteiger partial charge in [-0.15, -0.1) is 11.6 Å². The Kier molecular flexibility index (Phi) is 7.11. The molecule has 8 nitrogen and oxygen atoms in total. The van der Waals surface area contributed by atoms with E-state index in [1.54, 1.807) is 0 Å². The Bertz CT molecular complexity index is 1450. The van der Waals surface area contributed by atoms with Crippen molar-refractivity contribution in [1.29, 1.82) is 0 Å². The fraction of sp³-hybridized carbons (Fsp3) is 0.308. The number of ether oxygens (including phenoxy) is 1. The van der Waals surface area contributed by atoms with Crippen molar-refractivity contribution in [3.8, 4) is 11.4 Å². The van der Waals surface area contributed by atoms with E-state index in [9.17, 15) is 23.9 Å². The Morgan fingerprint density at radius 3 is 2.61 bits per heavy atom. The highest BCUT2D eigenvalue weighted by atomic mass is 35.5. The van der Waals surface area contributed by atoms with E-state index in [0.717, 1.165) is 11.1 Å². The molecule has 0 saturated carbocycles. The van der Waals surface area contributed by atoms with Gasteiger partial charge in [-0.2, -0.15) is 4.73 Å². The maximum Gasteiger partial charge on any atom is 0.253 e. The number of aryl methyl sites for hydroxylation is 1. The van der Waals surface area contributed by atoms with Gasteiger partial charge in [0.1, 0.15) is 23.9 Å². The molecule has 4 heterocycles. The lowest BCUT2D eigenvalue weighted by atomic mass is 9.78. The molecule has 0 saturated heterocycles. The zero-order valence-electron chi connectivity index (χ0n) is 20.9. The number of hydrogen-bond donors (Lipinski definition) is 1. The Morgan fingerprint density at radius 1 is 1.26 bits per heavy atom. The molecular weight excluding hydrogens is 525 g/mol. The van der Waals surface area contributed by atoms with Crippen LogP contribution in [0.5, 0.6) is 0 Å². The second-order valence-corrected chi connectivity index (χ2v) is 9.96. The van der Waals surface area contributed by atoms with Crippen LogP contribution in [0.1, 0.15) is 32.0 Å². The second-order valence-electron chi connectivity index (χ2n) is 9.52. The van der Waals surface area contributed by atoms with Gasteiger partial charge in [-0.1, -0.05) is 0 Å². The first-order chi connectivity index (χ1) is 17.8. The summed E-state index contributed by atoms with van der Waals surface area (Å²) in [7, 11) is 0. The highest BCUT2D eigenvalue weighted by molar-refractivity contribution is 6.35. The first kappa shape index (κ1) is 27.3. The summed E-state index contributed by atoms with van der Waals surface area (Å²) in [5.74, 6) is -3.77. The van der Waals surface area contributed by atoms with E-state index in [0.29, 0.717) is 10.8 Å². The first-order valence-electron chi connectivity index (χ1n) is 11.5. The predicted octanol–water partition coefficient (Wildman–Crippen LogP) is 4.09. The molecule has 1 aliphatic heterocycles. The molecule has 2 atom stereocenters. The minimum absolute atomic E-state index is 0.0866. The van der Waals surface area contributed by atoms with Gasteiger partial charge in [0.05, 0.1) is 23.0 Å². The molecule has 3 aromatic heterocycles. The second kappa shape index (κ2) is 9.88. The molecule has 4 rings (SSSR count). The SMILES string of the molecule is Cc1cnc(-c2cccc[n+]2[O-])c(F)c1N1C(=O)C(Cl)C(OCc2ncc(F)cc2F)=CC1(C)C(C)(C)O. The van der Waals surface area contributed by atoms with Crippen LogP contribution in [-0.2, 0) is 16.1 Å². The van der Waals surface area contributed by atoms with Gasteiger partial charge in [0, 0.05) is 24.4 Å². The fourth-order valence-electron chi connectivity index (χ4n) is 4.12. The Balaban J connectivity index is 1.83. The summed E-state index contributed by atoms with van der Waals surface area (Å²) in [6.45, 7) is 5.33. The van der Waals surface area contributed by atoms with Crippen molar-refractivity contribution in [3.63, 3.8) is 0 Å². The third kappa shape index (κ3) is 4.67. The van der Waals surface area contributed by atoms with Gasteiger partial charge in [-0.25, -0.2) is 18.2 Å². The molecule has 1 N–H and O–H groups in total. The van der Waals surface area contributed by atoms with Gasteiger partial charge in [0.15, 0.2) is 28.9 Å². The Labute approximate surface area is 221 Å². The molecule has 0 bridgehead atoms. The van der Waals surface area contributed by atoms with E-state index in [2.05, 4.69) is 9.97 Å². The number of pyridine rings is 3. The normalized spacial score (nSPS) is 19.9. The zero-order chi connectivity index (χ0) is 28.0. The van der Waals surface area contributed by atoms with Crippen LogP contribution in [0.25, 0.3) is 11.4 Å². The van der Waals surface area contributed by atoms with Crippen LogP contribution in [0.3, 0.4) is 0 Å². The standard InChI is InChI=1S/C26H24ClF3N4O4/c1-14-11-32-22(18-7-5-6-8-33(18)37)21(30)23(14)34-24(35)20(27)19(10-26(34,4)25(2,3)36)38-13-17-16(29)9-15(28)12-31-17/h5-12,20,36H,13H2,1-4H3. The molecule has 1 amide bonds. The molecule has 2 unspecified atom stereocenters. The summed E-state index contributed by atoms with van der Waals surface area (Å²) in [6, 6.07) is 5.03. The van der Waals surface area contributed by atoms with E-state index < -0.39 is 46.5 Å². The van der Waals surface area contributed by atoms with Crippen LogP contribution >= 0.6 is 11.6 Å². The van der Waals surface area contributed by atoms with E-state index >= 15 is 4.39 Å². The number of aromatic nitrogens is 3. The highest BCUT2D eigenvalue weighted by Crippen LogP contribution is 2.44. The maximum atomic E-state index is 16.1. The quantitative estimate of drug-likeness (QED) is 0.283. The predicted molar refractivity (Wildman–Crippen MR) is 132 cm³/mol. The maximum absolute atomic E-state index is 16.1. The van der Waals surface area contributed by atoms with Crippen molar-refractivity contribution in [2.75, 3.05) is 4.90 Å². The fourth-order valence-corrected chi connectivity index (χ4v) is 4.34. The number of nitrogens with zero attached hydrogens (tertiary/aromatic N) is 4. The van der Waals surface area contributed by atoms with Crippen molar-refractivity contribution in [2.24, 2.45) is 0 Å². The summed E-state index contributed by atoms with van der Waals surface area (Å²) in [6.07, 6.45) is 4.65. The van der Waals surface area contributed by atoms with E-state index in [1.807, 2.05) is 0 Å². The molecule has 0 spiro atoms. The summed E-state index contributed by atoms with van der Waals surface area (Å²) in [5.41, 5.74) is -3.96. The number of alkyl halides is 1. The van der Waals surface area contributed by atoms with Gasteiger partial charge in [0.25, 0.3) is 5.91 Å². The summed E-state index contributed by atoms with van der Waals surface area (Å²) in [5, 5.41) is 22.0. The van der Waals surface area contributed by atoms with Crippen LogP contribution in [0.15, 0.2) is 54.7 Å². The van der Waals surface area contributed by atoms with Crippen LogP contribution in [0.2, 0.25) is 0 Å². The molecule has 0 aliphatic carbocycles. The monoisotopic (exact) mass is 548 g/mol. The minimum atomic E-state index is -1.69. The average Bonchev–Trinajstić information content (AvgIpc) is 2.83. The van der Waals surface area contributed by atoms with Gasteiger partial charge in [-0.05, 0) is 45.4 Å². The number of amides is 1. The number of halogens is 4. The molecule has 0 aromatic carbocycles. The molecule has 200 valence electrons. The lowest BCUT2D eigenvalue weighted by Crippen LogP contribution is -2.65. The molecular formula is C26H24ClF3N4O4. The number of carbonyl (C=O) groups is 1. The van der Waals surface area contributed by atoms with Crippen LogP contribution in [-0.4, -0.2) is 37.5 Å². The van der Waals surface area contributed by atoms with Gasteiger partial charge in [-0.3, -0.25) is 14.7 Å². The molecule has 12 heteroatoms. The molecule has 0 radical (unpaired) electrons. The van der Waals surface area contributed by atoms with Gasteiger partial charge >= 0.3 is 0 Å². The van der Waals surface area contributed by atoms with Crippen molar-refractivity contribution in [2.45, 2.75) is 50.8 Å². The van der Waals surface area contributed by atoms with Crippen LogP contribution in [0, 0.1) is 29.6 Å². The first-order valence-corrected chi connectivity index (χ1v) is 11.9. The molecule has 0 fully saturated rings. The lowest BCUT2D eigenvalue weighted by molar-refractivity contribution is -0.593. The van der Waals surface area contributed by atoms with Crippen LogP contribution in [0.4, 0.5) is 18.9 Å². The Morgan fingerprint density at radius 2 is 1.97 bits per heavy atom. The smallest absolute Gasteiger partial charge is 0.253 e. The number of anilines is 1. The summed E-state index contributed by atoms with van der Waals surface area (Å²) >= 11 is 6.44. The molecule has 3 aromatic rings. The van der Waals surface area contributed by atoms with Gasteiger partial charge < -0.3 is 15.1 Å². The highest BCUT2D eigenvalue weighted by Gasteiger charge is 2.53. The number of hydrogen-bond acceptors (Lipinski definition) is 6. The zero-order valence-corrected chi connectivity index (χ0v) is 21.6. The summed E-state index contributed by atoms with van der Waals surface area (Å²) < 4.78 is 49.4. The molecule has 1 aliphatic rings. The average molecular weight is 549 g/mol. The number of carbonyl (C=O) groups excluding carboxylic acids is 1. The van der Waals surface area contributed by atoms with Crippen molar-refractivity contribution >= 4 is 23.2 Å². The largest absolute Gasteiger partial charge is 0.618 e. The summed E-state index contributed by atoms with van der Waals surface area (Å²) in [4.78, 5) is 22.4. The van der Waals surface area contributed by atoms with E-state index in [-0.39, 0.29) is 34.1 Å². The minimum Gasteiger partial charge on any atom is -0.618 e. The Hall–Kier alpha value is -3.70. The van der Waals surface area contributed by atoms with Crippen molar-refractivity contribution < 1.29 is 32.5 Å². The van der Waals surface area contributed by atoms with Crippen molar-refractivity contribution in [1.82, 2.24) is 9.97 Å². The lowest BCUT2D eigenvalue weighted by Gasteiger charge is -2.50. The van der Waals surface area contributed by atoms with Gasteiger partial charge in [0.2, 0.25) is 5.69 Å². The topological polar surface area (TPSA) is 102 Å². The van der Waals surface area contributed by atoms with E-state index in [1.165, 1.54) is 64.4 Å². The number of aliphatic hydroxyl groups is 1. The third-order valence-electron chi connectivity index (χ3n) is 6.54. The molecule has 38 heavy (non-hydrogen) atoms. The van der Waals surface area contributed by atoms with E-state index in [4.69, 9.17) is 16.3 Å². The number of rotatable bonds is 6. The third-order valence-corrected chi connectivity index (χ3v) is 6.94.